The molecule has 7 aromatic rings. The van der Waals surface area contributed by atoms with Crippen LogP contribution in [-0.2, 0) is 11.0 Å². The molecule has 3 aromatic heterocycles. The number of para-hydroxylation sites is 2. The second kappa shape index (κ2) is 7.11. The van der Waals surface area contributed by atoms with Crippen molar-refractivity contribution < 1.29 is 13.7 Å². The molecule has 6 heteroatoms. The van der Waals surface area contributed by atoms with Gasteiger partial charge < -0.3 is 19.0 Å². The predicted molar refractivity (Wildman–Crippen MR) is 173 cm³/mol. The molecule has 0 amide bonds. The summed E-state index contributed by atoms with van der Waals surface area (Å²) >= 11 is 0. The molecule has 1 spiro atoms. The van der Waals surface area contributed by atoms with Crippen molar-refractivity contribution in [2.24, 2.45) is 0 Å². The van der Waals surface area contributed by atoms with Gasteiger partial charge in [-0.15, -0.1) is 0 Å². The Kier molecular flexibility index (Phi) is 3.76. The summed E-state index contributed by atoms with van der Waals surface area (Å²) in [5, 5.41) is 4.62. The van der Waals surface area contributed by atoms with Crippen LogP contribution in [0.2, 0.25) is 0 Å². The van der Waals surface area contributed by atoms with Crippen molar-refractivity contribution in [2.45, 2.75) is 37.9 Å². The van der Waals surface area contributed by atoms with Crippen LogP contribution in [0.1, 0.15) is 37.5 Å². The molecule has 0 saturated heterocycles. The van der Waals surface area contributed by atoms with Crippen LogP contribution < -0.4 is 14.2 Å². The second-order valence-corrected chi connectivity index (χ2v) is 13.8. The zero-order valence-electron chi connectivity index (χ0n) is 24.9. The maximum Gasteiger partial charge on any atom is 0.288 e. The normalized spacial score (nSPS) is 20.6. The largest absolute Gasteiger partial charge is 0.456 e. The zero-order chi connectivity index (χ0) is 29.3. The van der Waals surface area contributed by atoms with Crippen LogP contribution in [0.4, 0.5) is 5.69 Å². The van der Waals surface area contributed by atoms with E-state index in [2.05, 4.69) is 132 Å². The Hall–Kier alpha value is -5.23. The smallest absolute Gasteiger partial charge is 0.288 e. The fourth-order valence-corrected chi connectivity index (χ4v) is 8.77. The van der Waals surface area contributed by atoms with Gasteiger partial charge in [0.25, 0.3) is 5.82 Å². The lowest BCUT2D eigenvalue weighted by Crippen LogP contribution is -2.70. The number of pyridine rings is 1. The molecule has 2 atom stereocenters. The molecule has 0 N–H and O–H groups in total. The van der Waals surface area contributed by atoms with E-state index in [-0.39, 0.29) is 11.6 Å². The van der Waals surface area contributed by atoms with Gasteiger partial charge in [-0.3, -0.25) is 0 Å². The van der Waals surface area contributed by atoms with Gasteiger partial charge in [0.05, 0.1) is 28.4 Å². The highest BCUT2D eigenvalue weighted by atomic mass is 16.5. The average Bonchev–Trinajstić information content (AvgIpc) is 3.76. The molecule has 0 bridgehead atoms. The van der Waals surface area contributed by atoms with Crippen LogP contribution in [0.5, 0.6) is 11.5 Å². The molecule has 0 saturated carbocycles. The van der Waals surface area contributed by atoms with Gasteiger partial charge in [-0.05, 0) is 47.4 Å². The fourth-order valence-electron chi connectivity index (χ4n) is 8.77. The summed E-state index contributed by atoms with van der Waals surface area (Å²) in [7, 11) is 2.20. The minimum Gasteiger partial charge on any atom is -0.456 e. The summed E-state index contributed by atoms with van der Waals surface area (Å²) in [5.74, 6) is 2.97. The van der Waals surface area contributed by atoms with E-state index < -0.39 is 5.54 Å². The van der Waals surface area contributed by atoms with Crippen LogP contribution in [-0.4, -0.2) is 22.7 Å². The Morgan fingerprint density at radius 2 is 1.64 bits per heavy atom. The van der Waals surface area contributed by atoms with Gasteiger partial charge in [-0.25, -0.2) is 4.57 Å². The Labute approximate surface area is 253 Å². The zero-order valence-corrected chi connectivity index (χ0v) is 24.9. The summed E-state index contributed by atoms with van der Waals surface area (Å²) in [6, 6.07) is 28.5. The molecule has 4 aliphatic rings. The van der Waals surface area contributed by atoms with Crippen molar-refractivity contribution in [3.8, 4) is 17.3 Å². The summed E-state index contributed by atoms with van der Waals surface area (Å²) in [4.78, 5) is 4.79. The monoisotopic (exact) mass is 573 g/mol. The maximum atomic E-state index is 7.14. The highest BCUT2D eigenvalue weighted by molar-refractivity contribution is 6.14. The molecule has 44 heavy (non-hydrogen) atoms. The fraction of sp³-hybridized carbons (Fsp3) is 0.184. The van der Waals surface area contributed by atoms with Crippen LogP contribution in [0.25, 0.3) is 49.6 Å². The molecule has 0 radical (unpaired) electrons. The molecule has 6 nitrogen and oxygen atoms in total. The van der Waals surface area contributed by atoms with E-state index in [4.69, 9.17) is 9.15 Å². The van der Waals surface area contributed by atoms with E-state index in [0.29, 0.717) is 0 Å². The minimum atomic E-state index is -0.585. The Bertz CT molecular complexity index is 2510. The van der Waals surface area contributed by atoms with E-state index in [0.717, 1.165) is 39.1 Å². The van der Waals surface area contributed by atoms with E-state index in [9.17, 15) is 0 Å². The average molecular weight is 574 g/mol. The van der Waals surface area contributed by atoms with Crippen LogP contribution in [0, 0.1) is 0 Å². The van der Waals surface area contributed by atoms with E-state index >= 15 is 0 Å². The third-order valence-electron chi connectivity index (χ3n) is 10.5. The number of hydrogen-bond donors (Lipinski definition) is 0. The Balaban J connectivity index is 1.41. The Morgan fingerprint density at radius 3 is 2.50 bits per heavy atom. The first kappa shape index (κ1) is 23.3. The molecule has 0 aliphatic carbocycles. The Morgan fingerprint density at radius 1 is 0.818 bits per heavy atom. The summed E-state index contributed by atoms with van der Waals surface area (Å²) in [6.45, 7) is 6.89. The number of ether oxygens (including phenoxy) is 1. The number of fused-ring (bicyclic) bond motifs is 11. The molecule has 2 unspecified atom stereocenters. The molecule has 4 aromatic carbocycles. The van der Waals surface area contributed by atoms with Crippen molar-refractivity contribution in [1.29, 1.82) is 0 Å². The van der Waals surface area contributed by atoms with Crippen molar-refractivity contribution in [3.63, 3.8) is 0 Å². The van der Waals surface area contributed by atoms with Crippen molar-refractivity contribution >= 4 is 49.4 Å². The first-order chi connectivity index (χ1) is 21.4. The van der Waals surface area contributed by atoms with Gasteiger partial charge >= 0.3 is 0 Å². The second-order valence-electron chi connectivity index (χ2n) is 13.8. The number of hydrogen-bond acceptors (Lipinski definition) is 4. The third-order valence-corrected chi connectivity index (χ3v) is 10.5. The first-order valence-electron chi connectivity index (χ1n) is 15.4. The summed E-state index contributed by atoms with van der Waals surface area (Å²) < 4.78 is 18.7. The van der Waals surface area contributed by atoms with Gasteiger partial charge in [-0.2, -0.15) is 4.57 Å². The number of rotatable bonds is 0. The van der Waals surface area contributed by atoms with Crippen LogP contribution in [0.3, 0.4) is 0 Å². The molecule has 0 fully saturated rings. The minimum absolute atomic E-state index is 0.00845. The topological polar surface area (TPSA) is 37.7 Å². The number of furan rings is 1. The lowest BCUT2D eigenvalue weighted by molar-refractivity contribution is -0.743. The number of benzene rings is 4. The van der Waals surface area contributed by atoms with E-state index in [1.165, 1.54) is 44.3 Å². The van der Waals surface area contributed by atoms with Crippen molar-refractivity contribution in [1.82, 2.24) is 9.47 Å². The molecular formula is C38H29N4O2+. The van der Waals surface area contributed by atoms with Gasteiger partial charge in [0.2, 0.25) is 5.54 Å². The number of aromatic nitrogens is 2. The number of nitrogens with zero attached hydrogens (tertiary/aromatic N) is 4. The summed E-state index contributed by atoms with van der Waals surface area (Å²) in [6.07, 6.45) is 6.73. The quantitative estimate of drug-likeness (QED) is 0.172. The van der Waals surface area contributed by atoms with Crippen LogP contribution >= 0.6 is 0 Å². The maximum absolute atomic E-state index is 7.14. The third kappa shape index (κ3) is 2.34. The lowest BCUT2D eigenvalue weighted by atomic mass is 9.75. The van der Waals surface area contributed by atoms with Gasteiger partial charge in [-0.1, -0.05) is 51.1 Å². The van der Waals surface area contributed by atoms with Crippen molar-refractivity contribution in [2.75, 3.05) is 11.9 Å². The highest BCUT2D eigenvalue weighted by Gasteiger charge is 2.67. The van der Waals surface area contributed by atoms with Gasteiger partial charge in [0.1, 0.15) is 28.2 Å². The molecule has 212 valence electrons. The van der Waals surface area contributed by atoms with Crippen LogP contribution in [0.15, 0.2) is 102 Å². The molecule has 11 rings (SSSR count). The predicted octanol–water partition coefficient (Wildman–Crippen LogP) is 8.04. The van der Waals surface area contributed by atoms with Gasteiger partial charge in [0.15, 0.2) is 11.7 Å². The SMILES string of the molecule is CN1C=CN2c3cc4oc5ccccc5c4c4c3C3(c5c(ccc6c7ccccc7n(c56)-c5cc(C(C)(C)C)cc[n+]53)O4)C12. The molecule has 4 aliphatic heterocycles. The number of likely N-dealkylation sites (N-methyl/N-ethyl adjacent to an activating group) is 1. The summed E-state index contributed by atoms with van der Waals surface area (Å²) in [5.41, 5.74) is 8.42. The number of anilines is 1. The molecule has 7 heterocycles. The van der Waals surface area contributed by atoms with E-state index in [1.54, 1.807) is 0 Å². The lowest BCUT2D eigenvalue weighted by Gasteiger charge is -2.43. The molecular weight excluding hydrogens is 544 g/mol. The first-order valence-corrected chi connectivity index (χ1v) is 15.4. The standard InChI is InChI=1S/C38H29N4O2/c1-37(2,3)21-15-16-41-30(19-21)42-25-11-7-5-9-22(25)23-13-14-28-33(34(23)42)38(41)32-26(40-18-17-39(4)36(38)40)20-29-31(35(32)44-28)24-10-6-8-12-27(24)43-29/h5-20,36H,1-4H3/q+1. The van der Waals surface area contributed by atoms with Gasteiger partial charge in [0, 0.05) is 47.7 Å². The highest BCUT2D eigenvalue weighted by Crippen LogP contribution is 2.64. The van der Waals surface area contributed by atoms with E-state index in [1.807, 2.05) is 12.1 Å². The van der Waals surface area contributed by atoms with Crippen molar-refractivity contribution in [3.05, 3.63) is 114 Å².